The smallest absolute Gasteiger partial charge is 0.224 e. The molecule has 5 heterocycles. The van der Waals surface area contributed by atoms with Crippen molar-refractivity contribution in [2.75, 3.05) is 13.1 Å². The Morgan fingerprint density at radius 3 is 2.77 bits per heavy atom. The van der Waals surface area contributed by atoms with Gasteiger partial charge in [-0.2, -0.15) is 0 Å². The number of hydrogen-bond acceptors (Lipinski definition) is 5. The summed E-state index contributed by atoms with van der Waals surface area (Å²) in [5.41, 5.74) is 2.50. The Labute approximate surface area is 180 Å². The van der Waals surface area contributed by atoms with E-state index in [0.717, 1.165) is 49.4 Å². The van der Waals surface area contributed by atoms with Gasteiger partial charge in [-0.3, -0.25) is 19.4 Å². The number of nitrogens with zero attached hydrogens (tertiary/aromatic N) is 5. The molecule has 0 spiro atoms. The third-order valence-electron chi connectivity index (χ3n) is 6.46. The van der Waals surface area contributed by atoms with Crippen molar-refractivity contribution in [3.05, 3.63) is 66.2 Å². The second kappa shape index (κ2) is 8.55. The summed E-state index contributed by atoms with van der Waals surface area (Å²) in [5.74, 6) is 0.209. The third-order valence-corrected chi connectivity index (χ3v) is 6.46. The van der Waals surface area contributed by atoms with Crippen molar-refractivity contribution in [3.8, 4) is 11.4 Å². The van der Waals surface area contributed by atoms with Crippen LogP contribution in [0.1, 0.15) is 18.4 Å². The number of carbonyl (C=O) groups is 1. The molecule has 7 nitrogen and oxygen atoms in total. The van der Waals surface area contributed by atoms with Crippen molar-refractivity contribution >= 4 is 5.91 Å². The lowest BCUT2D eigenvalue weighted by atomic mass is 9.75. The summed E-state index contributed by atoms with van der Waals surface area (Å²) in [4.78, 5) is 19.5. The molecule has 0 aliphatic carbocycles. The fourth-order valence-electron chi connectivity index (χ4n) is 4.78. The van der Waals surface area contributed by atoms with Crippen LogP contribution in [0, 0.1) is 17.7 Å². The first-order chi connectivity index (χ1) is 15.2. The van der Waals surface area contributed by atoms with Gasteiger partial charge in [-0.25, -0.2) is 4.39 Å². The maximum atomic E-state index is 13.1. The van der Waals surface area contributed by atoms with Gasteiger partial charge in [-0.1, -0.05) is 23.4 Å². The summed E-state index contributed by atoms with van der Waals surface area (Å²) in [6.45, 7) is 2.98. The lowest BCUT2D eigenvalue weighted by Crippen LogP contribution is -2.57. The Morgan fingerprint density at radius 1 is 1.16 bits per heavy atom. The van der Waals surface area contributed by atoms with Gasteiger partial charge in [0, 0.05) is 25.3 Å². The third kappa shape index (κ3) is 4.34. The minimum Gasteiger partial charge on any atom is -0.352 e. The van der Waals surface area contributed by atoms with E-state index in [1.165, 1.54) is 12.1 Å². The molecule has 3 aromatic rings. The van der Waals surface area contributed by atoms with Crippen LogP contribution >= 0.6 is 0 Å². The Balaban J connectivity index is 1.18. The van der Waals surface area contributed by atoms with E-state index < -0.39 is 0 Å². The highest BCUT2D eigenvalue weighted by Crippen LogP contribution is 2.37. The molecule has 2 aromatic heterocycles. The highest BCUT2D eigenvalue weighted by atomic mass is 19.1. The SMILES string of the molecule is O=C(NCc1ccc(F)cc1)[C@H]1CN2CC[C@@H]1C[C@@H]2Cn1cc(-c2ccccn2)nn1. The number of halogens is 1. The van der Waals surface area contributed by atoms with Crippen LogP contribution in [0.5, 0.6) is 0 Å². The largest absolute Gasteiger partial charge is 0.352 e. The van der Waals surface area contributed by atoms with Crippen LogP contribution < -0.4 is 5.32 Å². The summed E-state index contributed by atoms with van der Waals surface area (Å²) >= 11 is 0. The van der Waals surface area contributed by atoms with Crippen LogP contribution in [0.2, 0.25) is 0 Å². The fourth-order valence-corrected chi connectivity index (χ4v) is 4.78. The van der Waals surface area contributed by atoms with Crippen LogP contribution in [0.3, 0.4) is 0 Å². The number of pyridine rings is 1. The van der Waals surface area contributed by atoms with E-state index in [-0.39, 0.29) is 17.6 Å². The minimum atomic E-state index is -0.266. The first-order valence-electron chi connectivity index (χ1n) is 10.7. The molecule has 1 aromatic carbocycles. The number of hydrogen-bond donors (Lipinski definition) is 1. The molecule has 1 N–H and O–H groups in total. The Kier molecular flexibility index (Phi) is 5.46. The van der Waals surface area contributed by atoms with Crippen molar-refractivity contribution in [3.63, 3.8) is 0 Å². The zero-order chi connectivity index (χ0) is 21.2. The second-order valence-corrected chi connectivity index (χ2v) is 8.42. The molecule has 3 aliphatic heterocycles. The number of amides is 1. The van der Waals surface area contributed by atoms with Gasteiger partial charge in [0.25, 0.3) is 0 Å². The predicted octanol–water partition coefficient (Wildman–Crippen LogP) is 2.51. The summed E-state index contributed by atoms with van der Waals surface area (Å²) < 4.78 is 14.9. The van der Waals surface area contributed by atoms with Crippen molar-refractivity contribution in [2.24, 2.45) is 11.8 Å². The number of benzene rings is 1. The maximum absolute atomic E-state index is 13.1. The highest BCUT2D eigenvalue weighted by molar-refractivity contribution is 5.79. The average Bonchev–Trinajstić information content (AvgIpc) is 3.28. The zero-order valence-corrected chi connectivity index (χ0v) is 17.2. The van der Waals surface area contributed by atoms with Gasteiger partial charge in [0.1, 0.15) is 11.5 Å². The highest BCUT2D eigenvalue weighted by Gasteiger charge is 2.43. The number of carbonyl (C=O) groups excluding carboxylic acids is 1. The van der Waals surface area contributed by atoms with Gasteiger partial charge in [0.05, 0.1) is 24.4 Å². The molecule has 4 atom stereocenters. The molecule has 0 saturated carbocycles. The number of aromatic nitrogens is 4. The number of rotatable bonds is 6. The first-order valence-corrected chi connectivity index (χ1v) is 10.7. The zero-order valence-electron chi connectivity index (χ0n) is 17.2. The number of nitrogens with one attached hydrogen (secondary N) is 1. The van der Waals surface area contributed by atoms with Crippen molar-refractivity contribution < 1.29 is 9.18 Å². The summed E-state index contributed by atoms with van der Waals surface area (Å²) in [5, 5.41) is 11.6. The van der Waals surface area contributed by atoms with Gasteiger partial charge < -0.3 is 5.32 Å². The molecular formula is C23H25FN6O. The Morgan fingerprint density at radius 2 is 2.03 bits per heavy atom. The number of fused-ring (bicyclic) bond motifs is 3. The van der Waals surface area contributed by atoms with Crippen LogP contribution in [-0.4, -0.2) is 49.9 Å². The van der Waals surface area contributed by atoms with Crippen LogP contribution in [0.15, 0.2) is 54.9 Å². The van der Waals surface area contributed by atoms with Crippen molar-refractivity contribution in [2.45, 2.75) is 32.0 Å². The van der Waals surface area contributed by atoms with E-state index in [0.29, 0.717) is 18.5 Å². The lowest BCUT2D eigenvalue weighted by molar-refractivity contribution is -0.133. The molecular weight excluding hydrogens is 395 g/mol. The Bertz CT molecular complexity index is 1040. The van der Waals surface area contributed by atoms with Gasteiger partial charge in [-0.05, 0) is 55.1 Å². The number of piperidine rings is 3. The van der Waals surface area contributed by atoms with E-state index in [4.69, 9.17) is 0 Å². The monoisotopic (exact) mass is 420 g/mol. The molecule has 8 heteroatoms. The molecule has 6 rings (SSSR count). The molecule has 3 saturated heterocycles. The summed E-state index contributed by atoms with van der Waals surface area (Å²) in [7, 11) is 0. The quantitative estimate of drug-likeness (QED) is 0.663. The van der Waals surface area contributed by atoms with Crippen LogP contribution in [0.4, 0.5) is 4.39 Å². The summed E-state index contributed by atoms with van der Waals surface area (Å²) in [6.07, 6.45) is 5.72. The summed E-state index contributed by atoms with van der Waals surface area (Å²) in [6, 6.07) is 12.4. The lowest BCUT2D eigenvalue weighted by Gasteiger charge is -2.49. The molecule has 0 radical (unpaired) electrons. The first kappa shape index (κ1) is 19.8. The van der Waals surface area contributed by atoms with Gasteiger partial charge in [-0.15, -0.1) is 5.10 Å². The molecule has 160 valence electrons. The average molecular weight is 420 g/mol. The fraction of sp³-hybridized carbons (Fsp3) is 0.391. The molecule has 1 amide bonds. The van der Waals surface area contributed by atoms with Crippen LogP contribution in [0.25, 0.3) is 11.4 Å². The van der Waals surface area contributed by atoms with Crippen LogP contribution in [-0.2, 0) is 17.9 Å². The van der Waals surface area contributed by atoms with E-state index in [2.05, 4.69) is 25.5 Å². The van der Waals surface area contributed by atoms with E-state index >= 15 is 0 Å². The molecule has 2 bridgehead atoms. The standard InChI is InChI=1S/C23H25FN6O/c24-18-6-4-16(5-7-18)12-26-23(31)20-14-29-10-8-17(20)11-19(29)13-30-15-22(27-28-30)21-3-1-2-9-25-21/h1-7,9,15,17,19-20H,8,10-14H2,(H,26,31)/t17-,19-,20+/m1/s1. The maximum Gasteiger partial charge on any atom is 0.224 e. The molecule has 1 unspecified atom stereocenters. The predicted molar refractivity (Wildman–Crippen MR) is 113 cm³/mol. The minimum absolute atomic E-state index is 0.00488. The topological polar surface area (TPSA) is 75.9 Å². The van der Waals surface area contributed by atoms with E-state index in [9.17, 15) is 9.18 Å². The van der Waals surface area contributed by atoms with Gasteiger partial charge in [0.15, 0.2) is 0 Å². The van der Waals surface area contributed by atoms with Gasteiger partial charge in [0.2, 0.25) is 5.91 Å². The normalized spacial score (nSPS) is 24.8. The second-order valence-electron chi connectivity index (χ2n) is 8.42. The molecule has 3 aliphatic rings. The molecule has 3 fully saturated rings. The molecule has 31 heavy (non-hydrogen) atoms. The van der Waals surface area contributed by atoms with Gasteiger partial charge >= 0.3 is 0 Å². The van der Waals surface area contributed by atoms with E-state index in [1.807, 2.05) is 29.1 Å². The Hall–Kier alpha value is -3.13. The van der Waals surface area contributed by atoms with Crippen molar-refractivity contribution in [1.82, 2.24) is 30.2 Å². The van der Waals surface area contributed by atoms with E-state index in [1.54, 1.807) is 18.3 Å². The van der Waals surface area contributed by atoms with Crippen molar-refractivity contribution in [1.29, 1.82) is 0 Å².